The van der Waals surface area contributed by atoms with E-state index in [2.05, 4.69) is 15.3 Å². The van der Waals surface area contributed by atoms with Gasteiger partial charge in [0, 0.05) is 0 Å². The molecule has 23 heavy (non-hydrogen) atoms. The average molecular weight is 384 g/mol. The summed E-state index contributed by atoms with van der Waals surface area (Å²) in [7, 11) is 0. The maximum absolute atomic E-state index is 12.1. The molecule has 1 amide bonds. The first-order chi connectivity index (χ1) is 11.0. The summed E-state index contributed by atoms with van der Waals surface area (Å²) >= 11 is 14.9. The lowest BCUT2D eigenvalue weighted by molar-refractivity contribution is -0.113. The maximum atomic E-state index is 12.1. The zero-order chi connectivity index (χ0) is 16.4. The number of fused-ring (bicyclic) bond motifs is 1. The van der Waals surface area contributed by atoms with Crippen molar-refractivity contribution < 1.29 is 4.79 Å². The van der Waals surface area contributed by atoms with Crippen LogP contribution in [-0.4, -0.2) is 21.6 Å². The Bertz CT molecular complexity index is 849. The number of carbonyl (C=O) groups is 1. The fraction of sp³-hybridized carbons (Fsp3) is 0.133. The third-order valence-corrected chi connectivity index (χ3v) is 5.81. The molecule has 0 fully saturated rings. The number of carbonyl (C=O) groups excluding carboxylic acids is 1. The summed E-state index contributed by atoms with van der Waals surface area (Å²) in [6.07, 6.45) is 0. The molecule has 0 aliphatic carbocycles. The summed E-state index contributed by atoms with van der Waals surface area (Å²) in [6, 6.07) is 9.45. The number of hydrogen-bond donors (Lipinski definition) is 1. The first-order valence-electron chi connectivity index (χ1n) is 6.64. The molecule has 0 saturated heterocycles. The molecule has 2 aromatic heterocycles. The number of para-hydroxylation sites is 1. The minimum Gasteiger partial charge on any atom is -0.309 e. The molecule has 3 aromatic rings. The standard InChI is InChI=1S/C15H11Cl2N3OS2/c1-8-9(16)6-10(17)14(18-8)20-13(21)7-22-15-19-11-4-2-3-5-12(11)23-15/h2-6H,7H2,1H3,(H,18,20,21). The molecule has 1 aromatic carbocycles. The molecule has 0 bridgehead atoms. The maximum Gasteiger partial charge on any atom is 0.236 e. The highest BCUT2D eigenvalue weighted by molar-refractivity contribution is 8.01. The van der Waals surface area contributed by atoms with Gasteiger partial charge in [-0.2, -0.15) is 0 Å². The van der Waals surface area contributed by atoms with E-state index in [-0.39, 0.29) is 11.7 Å². The van der Waals surface area contributed by atoms with Crippen LogP contribution in [0.4, 0.5) is 5.82 Å². The molecule has 0 aliphatic heterocycles. The first-order valence-corrected chi connectivity index (χ1v) is 9.19. The van der Waals surface area contributed by atoms with Crippen LogP contribution in [0.5, 0.6) is 0 Å². The van der Waals surface area contributed by atoms with Gasteiger partial charge in [-0.25, -0.2) is 9.97 Å². The van der Waals surface area contributed by atoms with Crippen molar-refractivity contribution in [1.82, 2.24) is 9.97 Å². The summed E-state index contributed by atoms with van der Waals surface area (Å²) in [5.41, 5.74) is 1.56. The summed E-state index contributed by atoms with van der Waals surface area (Å²) in [4.78, 5) is 20.7. The molecule has 0 atom stereocenters. The Kier molecular flexibility index (Phi) is 5.06. The van der Waals surface area contributed by atoms with E-state index < -0.39 is 0 Å². The van der Waals surface area contributed by atoms with Gasteiger partial charge >= 0.3 is 0 Å². The van der Waals surface area contributed by atoms with Gasteiger partial charge in [-0.3, -0.25) is 4.79 Å². The Hall–Kier alpha value is -1.34. The quantitative estimate of drug-likeness (QED) is 0.641. The minimum atomic E-state index is -0.189. The lowest BCUT2D eigenvalue weighted by Crippen LogP contribution is -2.15. The van der Waals surface area contributed by atoms with Crippen molar-refractivity contribution >= 4 is 68.2 Å². The van der Waals surface area contributed by atoms with Crippen LogP contribution in [0.15, 0.2) is 34.7 Å². The van der Waals surface area contributed by atoms with E-state index in [1.807, 2.05) is 24.3 Å². The van der Waals surface area contributed by atoms with E-state index in [0.717, 1.165) is 14.6 Å². The number of amides is 1. The van der Waals surface area contributed by atoms with Gasteiger partial charge in [0.1, 0.15) is 0 Å². The van der Waals surface area contributed by atoms with Crippen molar-refractivity contribution in [2.45, 2.75) is 11.3 Å². The number of anilines is 1. The number of benzene rings is 1. The Labute approximate surface area is 151 Å². The second-order valence-corrected chi connectivity index (χ2v) is 7.74. The molecule has 0 saturated carbocycles. The molecular weight excluding hydrogens is 373 g/mol. The Morgan fingerprint density at radius 2 is 2.04 bits per heavy atom. The molecule has 0 aliphatic rings. The van der Waals surface area contributed by atoms with Gasteiger partial charge in [0.05, 0.1) is 31.7 Å². The van der Waals surface area contributed by atoms with Crippen LogP contribution in [0, 0.1) is 6.92 Å². The lowest BCUT2D eigenvalue weighted by Gasteiger charge is -2.07. The second-order valence-electron chi connectivity index (χ2n) is 4.67. The summed E-state index contributed by atoms with van der Waals surface area (Å²) < 4.78 is 1.96. The molecule has 3 rings (SSSR count). The molecule has 0 radical (unpaired) electrons. The number of halogens is 2. The van der Waals surface area contributed by atoms with E-state index in [0.29, 0.717) is 21.6 Å². The van der Waals surface area contributed by atoms with Crippen molar-refractivity contribution in [3.05, 3.63) is 46.1 Å². The predicted octanol–water partition coefficient (Wildman–Crippen LogP) is 5.04. The number of thiazole rings is 1. The molecule has 4 nitrogen and oxygen atoms in total. The fourth-order valence-electron chi connectivity index (χ4n) is 1.85. The van der Waals surface area contributed by atoms with Crippen molar-refractivity contribution in [3.63, 3.8) is 0 Å². The van der Waals surface area contributed by atoms with Gasteiger partial charge in [-0.1, -0.05) is 47.1 Å². The number of thioether (sulfide) groups is 1. The number of nitrogens with one attached hydrogen (secondary N) is 1. The smallest absolute Gasteiger partial charge is 0.236 e. The van der Waals surface area contributed by atoms with Crippen LogP contribution in [-0.2, 0) is 4.79 Å². The molecule has 0 spiro atoms. The third-order valence-electron chi connectivity index (χ3n) is 2.96. The SMILES string of the molecule is Cc1nc(NC(=O)CSc2nc3ccccc3s2)c(Cl)cc1Cl. The fourth-order valence-corrected chi connectivity index (χ4v) is 4.13. The Balaban J connectivity index is 1.64. The summed E-state index contributed by atoms with van der Waals surface area (Å²) in [5.74, 6) is 0.369. The van der Waals surface area contributed by atoms with Crippen LogP contribution < -0.4 is 5.32 Å². The van der Waals surface area contributed by atoms with Gasteiger partial charge < -0.3 is 5.32 Å². The number of aryl methyl sites for hydroxylation is 1. The van der Waals surface area contributed by atoms with Gasteiger partial charge in [0.25, 0.3) is 0 Å². The van der Waals surface area contributed by atoms with Gasteiger partial charge in [0.15, 0.2) is 10.2 Å². The van der Waals surface area contributed by atoms with E-state index in [9.17, 15) is 4.79 Å². The van der Waals surface area contributed by atoms with Crippen molar-refractivity contribution in [1.29, 1.82) is 0 Å². The topological polar surface area (TPSA) is 54.9 Å². The van der Waals surface area contributed by atoms with Crippen LogP contribution >= 0.6 is 46.3 Å². The normalized spacial score (nSPS) is 10.9. The van der Waals surface area contributed by atoms with Crippen LogP contribution in [0.25, 0.3) is 10.2 Å². The number of nitrogens with zero attached hydrogens (tertiary/aromatic N) is 2. The van der Waals surface area contributed by atoms with Gasteiger partial charge in [0.2, 0.25) is 5.91 Å². The van der Waals surface area contributed by atoms with E-state index in [1.165, 1.54) is 11.8 Å². The van der Waals surface area contributed by atoms with Crippen molar-refractivity contribution in [3.8, 4) is 0 Å². The van der Waals surface area contributed by atoms with Crippen LogP contribution in [0.3, 0.4) is 0 Å². The van der Waals surface area contributed by atoms with Crippen LogP contribution in [0.1, 0.15) is 5.69 Å². The molecular formula is C15H11Cl2N3OS2. The highest BCUT2D eigenvalue weighted by atomic mass is 35.5. The zero-order valence-electron chi connectivity index (χ0n) is 12.0. The largest absolute Gasteiger partial charge is 0.309 e. The predicted molar refractivity (Wildman–Crippen MR) is 98.0 cm³/mol. The Morgan fingerprint density at radius 1 is 1.26 bits per heavy atom. The second kappa shape index (κ2) is 7.05. The molecule has 0 unspecified atom stereocenters. The molecule has 1 N–H and O–H groups in total. The molecule has 118 valence electrons. The number of rotatable bonds is 4. The van der Waals surface area contributed by atoms with Crippen molar-refractivity contribution in [2.75, 3.05) is 11.1 Å². The third kappa shape index (κ3) is 3.95. The first kappa shape index (κ1) is 16.5. The summed E-state index contributed by atoms with van der Waals surface area (Å²) in [6.45, 7) is 1.75. The average Bonchev–Trinajstić information content (AvgIpc) is 2.93. The van der Waals surface area contributed by atoms with Crippen LogP contribution in [0.2, 0.25) is 10.0 Å². The van der Waals surface area contributed by atoms with E-state index >= 15 is 0 Å². The highest BCUT2D eigenvalue weighted by Crippen LogP contribution is 2.30. The van der Waals surface area contributed by atoms with E-state index in [4.69, 9.17) is 23.2 Å². The van der Waals surface area contributed by atoms with Gasteiger partial charge in [-0.05, 0) is 25.1 Å². The monoisotopic (exact) mass is 383 g/mol. The highest BCUT2D eigenvalue weighted by Gasteiger charge is 2.12. The summed E-state index contributed by atoms with van der Waals surface area (Å²) in [5, 5.41) is 3.49. The number of hydrogen-bond acceptors (Lipinski definition) is 5. The number of pyridine rings is 1. The van der Waals surface area contributed by atoms with Gasteiger partial charge in [-0.15, -0.1) is 11.3 Å². The Morgan fingerprint density at radius 3 is 2.83 bits per heavy atom. The molecule has 2 heterocycles. The van der Waals surface area contributed by atoms with E-state index in [1.54, 1.807) is 24.3 Å². The molecule has 8 heteroatoms. The lowest BCUT2D eigenvalue weighted by atomic mass is 10.3. The minimum absolute atomic E-state index is 0.189. The zero-order valence-corrected chi connectivity index (χ0v) is 15.1. The van der Waals surface area contributed by atoms with Crippen molar-refractivity contribution in [2.24, 2.45) is 0 Å². The number of aromatic nitrogens is 2.